The van der Waals surface area contributed by atoms with E-state index in [1.807, 2.05) is 30.3 Å². The smallest absolute Gasteiger partial charge is 0.327 e. The van der Waals surface area contributed by atoms with Crippen LogP contribution in [0.4, 0.5) is 0 Å². The molecule has 1 heterocycles. The molecule has 1 aromatic rings. The quantitative estimate of drug-likeness (QED) is 0.660. The SMILES string of the molecule is N[C@]12C(=O)OC[C@H]1[C@H]2c1ccccc1. The summed E-state index contributed by atoms with van der Waals surface area (Å²) >= 11 is 0. The lowest BCUT2D eigenvalue weighted by Crippen LogP contribution is -2.33. The van der Waals surface area contributed by atoms with Gasteiger partial charge < -0.3 is 10.5 Å². The van der Waals surface area contributed by atoms with Crippen molar-refractivity contribution in [3.05, 3.63) is 35.9 Å². The number of carbonyl (C=O) groups is 1. The molecule has 2 fully saturated rings. The summed E-state index contributed by atoms with van der Waals surface area (Å²) in [6.45, 7) is 0.481. The first-order chi connectivity index (χ1) is 6.74. The van der Waals surface area contributed by atoms with E-state index in [2.05, 4.69) is 0 Å². The molecule has 1 saturated heterocycles. The van der Waals surface area contributed by atoms with Crippen LogP contribution in [-0.2, 0) is 9.53 Å². The molecule has 1 aliphatic carbocycles. The Balaban J connectivity index is 1.96. The first-order valence-corrected chi connectivity index (χ1v) is 4.75. The summed E-state index contributed by atoms with van der Waals surface area (Å²) in [4.78, 5) is 11.4. The molecule has 0 spiro atoms. The van der Waals surface area contributed by atoms with Crippen LogP contribution in [0.2, 0.25) is 0 Å². The largest absolute Gasteiger partial charge is 0.464 e. The summed E-state index contributed by atoms with van der Waals surface area (Å²) in [6.07, 6.45) is 0. The second-order valence-corrected chi connectivity index (χ2v) is 4.03. The summed E-state index contributed by atoms with van der Waals surface area (Å²) in [5, 5.41) is 0. The lowest BCUT2D eigenvalue weighted by atomic mass is 10.1. The number of hydrogen-bond donors (Lipinski definition) is 1. The molecule has 1 saturated carbocycles. The molecule has 72 valence electrons. The Morgan fingerprint density at radius 3 is 2.64 bits per heavy atom. The van der Waals surface area contributed by atoms with Crippen LogP contribution < -0.4 is 5.73 Å². The molecule has 1 aliphatic heterocycles. The van der Waals surface area contributed by atoms with Crippen LogP contribution in [0.1, 0.15) is 11.5 Å². The van der Waals surface area contributed by atoms with Crippen molar-refractivity contribution in [2.24, 2.45) is 11.7 Å². The van der Waals surface area contributed by atoms with Gasteiger partial charge in [0.1, 0.15) is 5.54 Å². The van der Waals surface area contributed by atoms with Crippen LogP contribution in [0.5, 0.6) is 0 Å². The minimum Gasteiger partial charge on any atom is -0.464 e. The highest BCUT2D eigenvalue weighted by Crippen LogP contribution is 2.59. The Morgan fingerprint density at radius 1 is 1.36 bits per heavy atom. The molecule has 2 aliphatic rings. The number of benzene rings is 1. The van der Waals surface area contributed by atoms with Crippen molar-refractivity contribution < 1.29 is 9.53 Å². The molecule has 0 bridgehead atoms. The van der Waals surface area contributed by atoms with Crippen molar-refractivity contribution in [1.82, 2.24) is 0 Å². The number of esters is 1. The zero-order valence-corrected chi connectivity index (χ0v) is 7.64. The molecule has 2 N–H and O–H groups in total. The zero-order chi connectivity index (χ0) is 9.76. The maximum Gasteiger partial charge on any atom is 0.327 e. The average molecular weight is 189 g/mol. The Bertz CT molecular complexity index is 390. The van der Waals surface area contributed by atoms with Crippen LogP contribution in [-0.4, -0.2) is 18.1 Å². The summed E-state index contributed by atoms with van der Waals surface area (Å²) < 4.78 is 4.91. The molecule has 1 aromatic carbocycles. The lowest BCUT2D eigenvalue weighted by molar-refractivity contribution is -0.142. The predicted octanol–water partition coefficient (Wildman–Crippen LogP) is 0.654. The third-order valence-corrected chi connectivity index (χ3v) is 3.33. The highest BCUT2D eigenvalue weighted by molar-refractivity contribution is 5.90. The van der Waals surface area contributed by atoms with Gasteiger partial charge in [-0.25, -0.2) is 0 Å². The Morgan fingerprint density at radius 2 is 2.07 bits per heavy atom. The van der Waals surface area contributed by atoms with Crippen LogP contribution >= 0.6 is 0 Å². The fourth-order valence-corrected chi connectivity index (χ4v) is 2.45. The van der Waals surface area contributed by atoms with E-state index < -0.39 is 5.54 Å². The molecule has 3 atom stereocenters. The molecule has 0 radical (unpaired) electrons. The van der Waals surface area contributed by atoms with Gasteiger partial charge in [0.05, 0.1) is 6.61 Å². The lowest BCUT2D eigenvalue weighted by Gasteiger charge is -2.07. The fourth-order valence-electron chi connectivity index (χ4n) is 2.45. The molecule has 14 heavy (non-hydrogen) atoms. The summed E-state index contributed by atoms with van der Waals surface area (Å²) in [7, 11) is 0. The van der Waals surface area contributed by atoms with E-state index in [4.69, 9.17) is 10.5 Å². The van der Waals surface area contributed by atoms with Gasteiger partial charge >= 0.3 is 5.97 Å². The Labute approximate surface area is 81.9 Å². The highest BCUT2D eigenvalue weighted by Gasteiger charge is 2.72. The summed E-state index contributed by atoms with van der Waals surface area (Å²) in [6, 6.07) is 9.94. The highest BCUT2D eigenvalue weighted by atomic mass is 16.5. The van der Waals surface area contributed by atoms with Gasteiger partial charge in [-0.1, -0.05) is 30.3 Å². The zero-order valence-electron chi connectivity index (χ0n) is 7.64. The van der Waals surface area contributed by atoms with E-state index in [9.17, 15) is 4.79 Å². The van der Waals surface area contributed by atoms with Gasteiger partial charge in [-0.15, -0.1) is 0 Å². The molecule has 3 nitrogen and oxygen atoms in total. The Kier molecular flexibility index (Phi) is 1.35. The molecule has 0 amide bonds. The van der Waals surface area contributed by atoms with Gasteiger partial charge in [-0.05, 0) is 5.56 Å². The van der Waals surface area contributed by atoms with Crippen molar-refractivity contribution in [1.29, 1.82) is 0 Å². The third-order valence-electron chi connectivity index (χ3n) is 3.33. The topological polar surface area (TPSA) is 52.3 Å². The van der Waals surface area contributed by atoms with Gasteiger partial charge in [0.2, 0.25) is 0 Å². The molecular formula is C11H11NO2. The number of carbonyl (C=O) groups excluding carboxylic acids is 1. The number of fused-ring (bicyclic) bond motifs is 1. The normalized spacial score (nSPS) is 39.1. The number of rotatable bonds is 1. The number of nitrogens with two attached hydrogens (primary N) is 1. The minimum atomic E-state index is -0.721. The minimum absolute atomic E-state index is 0.171. The third kappa shape index (κ3) is 0.780. The van der Waals surface area contributed by atoms with Crippen molar-refractivity contribution >= 4 is 5.97 Å². The Hall–Kier alpha value is -1.35. The fraction of sp³-hybridized carbons (Fsp3) is 0.364. The first kappa shape index (κ1) is 8.00. The second-order valence-electron chi connectivity index (χ2n) is 4.03. The maximum atomic E-state index is 11.4. The van der Waals surface area contributed by atoms with Gasteiger partial charge in [0, 0.05) is 11.8 Å². The van der Waals surface area contributed by atoms with Gasteiger partial charge in [-0.3, -0.25) is 4.79 Å². The maximum absolute atomic E-state index is 11.4. The molecule has 3 rings (SSSR count). The second kappa shape index (κ2) is 2.36. The molecule has 0 unspecified atom stereocenters. The van der Waals surface area contributed by atoms with E-state index in [-0.39, 0.29) is 17.8 Å². The van der Waals surface area contributed by atoms with E-state index >= 15 is 0 Å². The van der Waals surface area contributed by atoms with E-state index in [0.717, 1.165) is 5.56 Å². The average Bonchev–Trinajstić information content (AvgIpc) is 2.72. The van der Waals surface area contributed by atoms with Gasteiger partial charge in [0.25, 0.3) is 0 Å². The van der Waals surface area contributed by atoms with E-state index in [0.29, 0.717) is 6.61 Å². The summed E-state index contributed by atoms with van der Waals surface area (Å²) in [5.74, 6) is 0.124. The van der Waals surface area contributed by atoms with Crippen molar-refractivity contribution in [2.75, 3.05) is 6.61 Å². The van der Waals surface area contributed by atoms with Gasteiger partial charge in [0.15, 0.2) is 0 Å². The molecule has 0 aromatic heterocycles. The summed E-state index contributed by atoms with van der Waals surface area (Å²) in [5.41, 5.74) is 6.43. The van der Waals surface area contributed by atoms with E-state index in [1.165, 1.54) is 0 Å². The monoisotopic (exact) mass is 189 g/mol. The van der Waals surface area contributed by atoms with Crippen LogP contribution in [0, 0.1) is 5.92 Å². The first-order valence-electron chi connectivity index (χ1n) is 4.75. The van der Waals surface area contributed by atoms with Crippen LogP contribution in [0.15, 0.2) is 30.3 Å². The van der Waals surface area contributed by atoms with Crippen LogP contribution in [0.25, 0.3) is 0 Å². The van der Waals surface area contributed by atoms with Crippen molar-refractivity contribution in [3.8, 4) is 0 Å². The standard InChI is InChI=1S/C11H11NO2/c12-11-8(6-14-10(11)13)9(11)7-4-2-1-3-5-7/h1-5,8-9H,6,12H2/t8-,9+,11+/m0/s1. The van der Waals surface area contributed by atoms with Crippen molar-refractivity contribution in [2.45, 2.75) is 11.5 Å². The molecular weight excluding hydrogens is 178 g/mol. The number of hydrogen-bond acceptors (Lipinski definition) is 3. The van der Waals surface area contributed by atoms with Crippen molar-refractivity contribution in [3.63, 3.8) is 0 Å². The number of cyclic esters (lactones) is 1. The molecule has 3 heteroatoms. The van der Waals surface area contributed by atoms with E-state index in [1.54, 1.807) is 0 Å². The predicted molar refractivity (Wildman–Crippen MR) is 50.6 cm³/mol. The van der Waals surface area contributed by atoms with Crippen LogP contribution in [0.3, 0.4) is 0 Å². The number of ether oxygens (including phenoxy) is 1. The van der Waals surface area contributed by atoms with Gasteiger partial charge in [-0.2, -0.15) is 0 Å².